The van der Waals surface area contributed by atoms with Crippen molar-refractivity contribution in [1.29, 1.82) is 0 Å². The maximum Gasteiger partial charge on any atom is 0.303 e. The lowest BCUT2D eigenvalue weighted by atomic mass is 9.77. The van der Waals surface area contributed by atoms with Gasteiger partial charge in [-0.2, -0.15) is 0 Å². The van der Waals surface area contributed by atoms with E-state index in [0.29, 0.717) is 5.92 Å². The van der Waals surface area contributed by atoms with Crippen LogP contribution in [0.5, 0.6) is 0 Å². The number of aromatic nitrogens is 2. The van der Waals surface area contributed by atoms with Crippen molar-refractivity contribution in [3.63, 3.8) is 0 Å². The molecule has 1 aromatic rings. The van der Waals surface area contributed by atoms with Crippen molar-refractivity contribution in [1.82, 2.24) is 20.0 Å². The lowest BCUT2D eigenvalue weighted by Crippen LogP contribution is -2.35. The van der Waals surface area contributed by atoms with Crippen LogP contribution in [0.25, 0.3) is 0 Å². The Balaban J connectivity index is 1.67. The molecule has 2 unspecified atom stereocenters. The molecule has 0 bridgehead atoms. The molecule has 2 fully saturated rings. The summed E-state index contributed by atoms with van der Waals surface area (Å²) in [7, 11) is 0. The Labute approximate surface area is 141 Å². The number of carboxylic acid groups (broad SMARTS) is 1. The third-order valence-corrected chi connectivity index (χ3v) is 6.03. The lowest BCUT2D eigenvalue weighted by molar-refractivity contribution is -0.137. The monoisotopic (exact) mass is 338 g/mol. The van der Waals surface area contributed by atoms with Crippen LogP contribution in [-0.2, 0) is 11.3 Å². The van der Waals surface area contributed by atoms with Gasteiger partial charge >= 0.3 is 5.97 Å². The largest absolute Gasteiger partial charge is 0.481 e. The van der Waals surface area contributed by atoms with Crippen molar-refractivity contribution in [2.24, 2.45) is 11.3 Å². The molecule has 128 valence electrons. The van der Waals surface area contributed by atoms with E-state index in [2.05, 4.69) is 26.9 Å². The molecular formula is C16H26N4O2S. The van der Waals surface area contributed by atoms with Crippen molar-refractivity contribution in [3.8, 4) is 0 Å². The summed E-state index contributed by atoms with van der Waals surface area (Å²) in [6, 6.07) is 0. The van der Waals surface area contributed by atoms with Crippen molar-refractivity contribution >= 4 is 17.3 Å². The highest BCUT2D eigenvalue weighted by Crippen LogP contribution is 2.46. The van der Waals surface area contributed by atoms with Gasteiger partial charge in [0.25, 0.3) is 0 Å². The number of carboxylic acids is 1. The topological polar surface area (TPSA) is 69.6 Å². The summed E-state index contributed by atoms with van der Waals surface area (Å²) in [6.45, 7) is 10.4. The molecule has 0 aromatic carbocycles. The fourth-order valence-electron chi connectivity index (χ4n) is 4.31. The SMILES string of the molecule is CCCN1CC2CN(Cc3nnc(C)s3)CC2(CCC(=O)O)C1. The molecule has 2 atom stereocenters. The summed E-state index contributed by atoms with van der Waals surface area (Å²) in [6.07, 6.45) is 2.23. The van der Waals surface area contributed by atoms with E-state index in [1.807, 2.05) is 6.92 Å². The number of hydrogen-bond acceptors (Lipinski definition) is 6. The number of rotatable bonds is 7. The van der Waals surface area contributed by atoms with Crippen LogP contribution in [0.2, 0.25) is 0 Å². The number of aliphatic carboxylic acids is 1. The van der Waals surface area contributed by atoms with E-state index in [1.165, 1.54) is 0 Å². The zero-order valence-corrected chi connectivity index (χ0v) is 14.8. The first-order valence-electron chi connectivity index (χ1n) is 8.46. The molecule has 2 aliphatic heterocycles. The zero-order valence-electron chi connectivity index (χ0n) is 14.0. The Bertz CT molecular complexity index is 564. The Morgan fingerprint density at radius 3 is 2.74 bits per heavy atom. The minimum Gasteiger partial charge on any atom is -0.481 e. The molecule has 7 heteroatoms. The Morgan fingerprint density at radius 2 is 2.09 bits per heavy atom. The van der Waals surface area contributed by atoms with Crippen LogP contribution in [0.15, 0.2) is 0 Å². The van der Waals surface area contributed by atoms with Crippen LogP contribution in [0, 0.1) is 18.3 Å². The normalized spacial score (nSPS) is 28.3. The second kappa shape index (κ2) is 6.83. The predicted octanol–water partition coefficient (Wildman–Crippen LogP) is 1.86. The molecule has 23 heavy (non-hydrogen) atoms. The van der Waals surface area contributed by atoms with Crippen LogP contribution in [-0.4, -0.2) is 63.8 Å². The number of nitrogens with zero attached hydrogens (tertiary/aromatic N) is 4. The fourth-order valence-corrected chi connectivity index (χ4v) is 5.07. The molecule has 6 nitrogen and oxygen atoms in total. The van der Waals surface area contributed by atoms with Gasteiger partial charge in [0, 0.05) is 38.0 Å². The van der Waals surface area contributed by atoms with Crippen LogP contribution in [0.4, 0.5) is 0 Å². The molecule has 0 saturated carbocycles. The average Bonchev–Trinajstić information content (AvgIpc) is 3.10. The summed E-state index contributed by atoms with van der Waals surface area (Å²) in [5.41, 5.74) is 0.146. The molecule has 2 saturated heterocycles. The van der Waals surface area contributed by atoms with Crippen LogP contribution < -0.4 is 0 Å². The highest BCUT2D eigenvalue weighted by molar-refractivity contribution is 7.11. The average molecular weight is 338 g/mol. The van der Waals surface area contributed by atoms with Gasteiger partial charge in [-0.25, -0.2) is 0 Å². The zero-order chi connectivity index (χ0) is 16.4. The maximum absolute atomic E-state index is 11.1. The van der Waals surface area contributed by atoms with Crippen molar-refractivity contribution in [2.75, 3.05) is 32.7 Å². The second-order valence-corrected chi connectivity index (χ2v) is 8.34. The summed E-state index contributed by atoms with van der Waals surface area (Å²) in [5, 5.41) is 19.5. The van der Waals surface area contributed by atoms with E-state index < -0.39 is 5.97 Å². The minimum atomic E-state index is -0.676. The van der Waals surface area contributed by atoms with Gasteiger partial charge < -0.3 is 10.0 Å². The van der Waals surface area contributed by atoms with Crippen LogP contribution in [0.1, 0.15) is 36.2 Å². The van der Waals surface area contributed by atoms with Gasteiger partial charge in [0.05, 0.1) is 6.54 Å². The maximum atomic E-state index is 11.1. The summed E-state index contributed by atoms with van der Waals surface area (Å²) >= 11 is 1.66. The summed E-state index contributed by atoms with van der Waals surface area (Å²) < 4.78 is 0. The smallest absolute Gasteiger partial charge is 0.303 e. The molecule has 3 heterocycles. The van der Waals surface area contributed by atoms with Gasteiger partial charge in [-0.1, -0.05) is 6.92 Å². The van der Waals surface area contributed by atoms with E-state index in [0.717, 1.165) is 62.1 Å². The first-order chi connectivity index (χ1) is 11.0. The Hall–Kier alpha value is -1.05. The summed E-state index contributed by atoms with van der Waals surface area (Å²) in [4.78, 5) is 16.1. The van der Waals surface area contributed by atoms with Crippen LogP contribution in [0.3, 0.4) is 0 Å². The number of carbonyl (C=O) groups is 1. The molecule has 0 spiro atoms. The number of likely N-dealkylation sites (tertiary alicyclic amines) is 2. The molecule has 3 rings (SSSR count). The van der Waals surface area contributed by atoms with E-state index in [4.69, 9.17) is 5.11 Å². The van der Waals surface area contributed by atoms with E-state index in [9.17, 15) is 4.79 Å². The number of hydrogen-bond donors (Lipinski definition) is 1. The molecule has 0 amide bonds. The number of fused-ring (bicyclic) bond motifs is 1. The predicted molar refractivity (Wildman–Crippen MR) is 89.4 cm³/mol. The third kappa shape index (κ3) is 3.72. The Kier molecular flexibility index (Phi) is 4.98. The fraction of sp³-hybridized carbons (Fsp3) is 0.812. The molecule has 0 aliphatic carbocycles. The molecule has 2 aliphatic rings. The molecule has 0 radical (unpaired) electrons. The number of aryl methyl sites for hydroxylation is 1. The molecule has 1 N–H and O–H groups in total. The van der Waals surface area contributed by atoms with Crippen LogP contribution >= 0.6 is 11.3 Å². The van der Waals surface area contributed by atoms with Gasteiger partial charge in [0.1, 0.15) is 10.0 Å². The highest BCUT2D eigenvalue weighted by Gasteiger charge is 2.51. The minimum absolute atomic E-state index is 0.146. The van der Waals surface area contributed by atoms with Gasteiger partial charge in [0.15, 0.2) is 0 Å². The van der Waals surface area contributed by atoms with Crippen molar-refractivity contribution < 1.29 is 9.90 Å². The van der Waals surface area contributed by atoms with Gasteiger partial charge in [-0.15, -0.1) is 21.5 Å². The Morgan fingerprint density at radius 1 is 1.35 bits per heavy atom. The van der Waals surface area contributed by atoms with Gasteiger partial charge in [-0.05, 0) is 32.2 Å². The molecular weight excluding hydrogens is 312 g/mol. The van der Waals surface area contributed by atoms with Gasteiger partial charge in [0.2, 0.25) is 0 Å². The van der Waals surface area contributed by atoms with Gasteiger partial charge in [-0.3, -0.25) is 9.69 Å². The molecule has 1 aromatic heterocycles. The summed E-state index contributed by atoms with van der Waals surface area (Å²) in [5.74, 6) is -0.0901. The lowest BCUT2D eigenvalue weighted by Gasteiger charge is -2.29. The third-order valence-electron chi connectivity index (χ3n) is 5.20. The van der Waals surface area contributed by atoms with Crippen molar-refractivity contribution in [3.05, 3.63) is 10.0 Å². The van der Waals surface area contributed by atoms with E-state index in [-0.39, 0.29) is 11.8 Å². The highest BCUT2D eigenvalue weighted by atomic mass is 32.1. The van der Waals surface area contributed by atoms with E-state index >= 15 is 0 Å². The van der Waals surface area contributed by atoms with E-state index in [1.54, 1.807) is 11.3 Å². The van der Waals surface area contributed by atoms with Crippen molar-refractivity contribution in [2.45, 2.75) is 39.7 Å². The first-order valence-corrected chi connectivity index (χ1v) is 9.28. The first kappa shape index (κ1) is 16.8. The second-order valence-electron chi connectivity index (χ2n) is 7.07. The quantitative estimate of drug-likeness (QED) is 0.818. The standard InChI is InChI=1S/C16H26N4O2S/c1-3-6-19-7-13-8-20(9-14-18-17-12(2)23-14)11-16(13,10-19)5-4-15(21)22/h13H,3-11H2,1-2H3,(H,21,22).